The van der Waals surface area contributed by atoms with E-state index in [4.69, 9.17) is 4.74 Å². The van der Waals surface area contributed by atoms with Crippen LogP contribution in [0.3, 0.4) is 0 Å². The summed E-state index contributed by atoms with van der Waals surface area (Å²) < 4.78 is 7.58. The van der Waals surface area contributed by atoms with Gasteiger partial charge in [-0.1, -0.05) is 0 Å². The molecule has 0 amide bonds. The quantitative estimate of drug-likeness (QED) is 0.787. The molecule has 1 aliphatic rings. The Balaban J connectivity index is 2.30. The number of aromatic nitrogens is 1. The third kappa shape index (κ3) is 1.25. The number of ether oxygens (including phenoxy) is 1. The lowest BCUT2D eigenvalue weighted by atomic mass is 10.1. The minimum Gasteiger partial charge on any atom is -0.497 e. The lowest BCUT2D eigenvalue weighted by Crippen LogP contribution is -2.24. The molecule has 1 aromatic heterocycles. The van der Waals surface area contributed by atoms with Crippen molar-refractivity contribution < 1.29 is 4.74 Å². The minimum absolute atomic E-state index is 0.929. The molecule has 1 N–H and O–H groups in total. The lowest BCUT2D eigenvalue weighted by molar-refractivity contribution is 0.415. The van der Waals surface area contributed by atoms with Crippen LogP contribution in [0.5, 0.6) is 5.75 Å². The van der Waals surface area contributed by atoms with Crippen molar-refractivity contribution in [3.8, 4) is 5.75 Å². The predicted octanol–water partition coefficient (Wildman–Crippen LogP) is 1.83. The molecule has 16 heavy (non-hydrogen) atoms. The van der Waals surface area contributed by atoms with E-state index in [9.17, 15) is 0 Å². The van der Waals surface area contributed by atoms with E-state index in [1.165, 1.54) is 22.2 Å². The second kappa shape index (κ2) is 3.52. The number of aryl methyl sites for hydroxylation is 1. The molecular formula is C13H16N2O. The van der Waals surface area contributed by atoms with E-state index in [0.717, 1.165) is 25.3 Å². The third-order valence-corrected chi connectivity index (χ3v) is 3.48. The summed E-state index contributed by atoms with van der Waals surface area (Å²) in [5, 5.41) is 4.78. The predicted molar refractivity (Wildman–Crippen MR) is 64.9 cm³/mol. The number of hydrogen-bond donors (Lipinski definition) is 1. The number of rotatable bonds is 1. The van der Waals surface area contributed by atoms with Crippen molar-refractivity contribution in [1.29, 1.82) is 0 Å². The highest BCUT2D eigenvalue weighted by molar-refractivity contribution is 5.87. The van der Waals surface area contributed by atoms with E-state index in [1.807, 2.05) is 6.07 Å². The molecule has 1 aliphatic heterocycles. The maximum Gasteiger partial charge on any atom is 0.120 e. The zero-order valence-corrected chi connectivity index (χ0v) is 9.71. The zero-order chi connectivity index (χ0) is 11.1. The molecule has 0 unspecified atom stereocenters. The highest BCUT2D eigenvalue weighted by Gasteiger charge is 2.17. The van der Waals surface area contributed by atoms with Crippen LogP contribution < -0.4 is 10.1 Å². The normalized spacial score (nSPS) is 15.1. The van der Waals surface area contributed by atoms with E-state index in [-0.39, 0.29) is 0 Å². The van der Waals surface area contributed by atoms with Crippen LogP contribution in [0.15, 0.2) is 18.2 Å². The fourth-order valence-electron chi connectivity index (χ4n) is 2.61. The van der Waals surface area contributed by atoms with Gasteiger partial charge in [0.1, 0.15) is 5.75 Å². The minimum atomic E-state index is 0.929. The van der Waals surface area contributed by atoms with E-state index in [0.29, 0.717) is 0 Å². The van der Waals surface area contributed by atoms with Crippen LogP contribution in [0.1, 0.15) is 11.3 Å². The highest BCUT2D eigenvalue weighted by atomic mass is 16.5. The molecule has 3 rings (SSSR count). The Kier molecular flexibility index (Phi) is 2.14. The molecule has 3 heteroatoms. The summed E-state index contributed by atoms with van der Waals surface area (Å²) in [6.45, 7) is 2.06. The van der Waals surface area contributed by atoms with Gasteiger partial charge in [0.15, 0.2) is 0 Å². The Morgan fingerprint density at radius 2 is 2.25 bits per heavy atom. The molecule has 0 aliphatic carbocycles. The van der Waals surface area contributed by atoms with E-state index in [1.54, 1.807) is 7.11 Å². The third-order valence-electron chi connectivity index (χ3n) is 3.48. The van der Waals surface area contributed by atoms with E-state index < -0.39 is 0 Å². The topological polar surface area (TPSA) is 26.2 Å². The fraction of sp³-hybridized carbons (Fsp3) is 0.385. The number of hydrogen-bond acceptors (Lipinski definition) is 2. The Labute approximate surface area is 95.0 Å². The SMILES string of the molecule is COc1ccc2c3c(n(C)c2c1)CCNC3. The molecular weight excluding hydrogens is 200 g/mol. The molecule has 3 nitrogen and oxygen atoms in total. The van der Waals surface area contributed by atoms with Crippen LogP contribution in [0, 0.1) is 0 Å². The smallest absolute Gasteiger partial charge is 0.120 e. The lowest BCUT2D eigenvalue weighted by Gasteiger charge is -2.14. The summed E-state index contributed by atoms with van der Waals surface area (Å²) in [5.41, 5.74) is 4.18. The Morgan fingerprint density at radius 3 is 3.06 bits per heavy atom. The van der Waals surface area contributed by atoms with E-state index in [2.05, 4.69) is 29.1 Å². The number of nitrogens with one attached hydrogen (secondary N) is 1. The van der Waals surface area contributed by atoms with Crippen molar-refractivity contribution in [1.82, 2.24) is 9.88 Å². The summed E-state index contributed by atoms with van der Waals surface area (Å²) in [6, 6.07) is 6.32. The molecule has 0 spiro atoms. The molecule has 2 heterocycles. The molecule has 0 saturated carbocycles. The standard InChI is InChI=1S/C13H16N2O/c1-15-12-5-6-14-8-11(12)10-4-3-9(16-2)7-13(10)15/h3-4,7,14H,5-6,8H2,1-2H3. The first-order valence-corrected chi connectivity index (χ1v) is 5.66. The number of benzene rings is 1. The maximum atomic E-state index is 5.28. The summed E-state index contributed by atoms with van der Waals surface area (Å²) in [4.78, 5) is 0. The molecule has 0 fully saturated rings. The second-order valence-electron chi connectivity index (χ2n) is 4.29. The van der Waals surface area contributed by atoms with Gasteiger partial charge in [0.05, 0.1) is 12.6 Å². The first-order valence-electron chi connectivity index (χ1n) is 5.66. The van der Waals surface area contributed by atoms with Gasteiger partial charge in [0.25, 0.3) is 0 Å². The second-order valence-corrected chi connectivity index (χ2v) is 4.29. The molecule has 84 valence electrons. The van der Waals surface area contributed by atoms with Crippen LogP contribution in [0.4, 0.5) is 0 Å². The number of nitrogens with zero attached hydrogens (tertiary/aromatic N) is 1. The van der Waals surface area contributed by atoms with Crippen LogP contribution in [0.25, 0.3) is 10.9 Å². The maximum absolute atomic E-state index is 5.28. The monoisotopic (exact) mass is 216 g/mol. The zero-order valence-electron chi connectivity index (χ0n) is 9.71. The summed E-state index contributed by atoms with van der Waals surface area (Å²) in [5.74, 6) is 0.929. The van der Waals surface area contributed by atoms with Gasteiger partial charge in [-0.25, -0.2) is 0 Å². The summed E-state index contributed by atoms with van der Waals surface area (Å²) >= 11 is 0. The Bertz CT molecular complexity index is 542. The van der Waals surface area contributed by atoms with Crippen LogP contribution in [-0.2, 0) is 20.0 Å². The molecule has 0 radical (unpaired) electrons. The number of fused-ring (bicyclic) bond motifs is 3. The first kappa shape index (κ1) is 9.73. The molecule has 0 saturated heterocycles. The molecule has 0 bridgehead atoms. The summed E-state index contributed by atoms with van der Waals surface area (Å²) in [7, 11) is 3.86. The van der Waals surface area contributed by atoms with Crippen LogP contribution in [0.2, 0.25) is 0 Å². The van der Waals surface area contributed by atoms with E-state index >= 15 is 0 Å². The highest BCUT2D eigenvalue weighted by Crippen LogP contribution is 2.30. The van der Waals surface area contributed by atoms with Gasteiger partial charge in [0, 0.05) is 43.7 Å². The van der Waals surface area contributed by atoms with Crippen LogP contribution >= 0.6 is 0 Å². The van der Waals surface area contributed by atoms with Crippen molar-refractivity contribution in [2.24, 2.45) is 7.05 Å². The summed E-state index contributed by atoms with van der Waals surface area (Å²) in [6.07, 6.45) is 1.11. The largest absolute Gasteiger partial charge is 0.497 e. The molecule has 0 atom stereocenters. The average molecular weight is 216 g/mol. The van der Waals surface area contributed by atoms with Crippen molar-refractivity contribution >= 4 is 10.9 Å². The van der Waals surface area contributed by atoms with Crippen molar-refractivity contribution in [3.63, 3.8) is 0 Å². The van der Waals surface area contributed by atoms with Crippen molar-refractivity contribution in [2.75, 3.05) is 13.7 Å². The van der Waals surface area contributed by atoms with Gasteiger partial charge in [-0.15, -0.1) is 0 Å². The Morgan fingerprint density at radius 1 is 1.38 bits per heavy atom. The van der Waals surface area contributed by atoms with Crippen molar-refractivity contribution in [2.45, 2.75) is 13.0 Å². The van der Waals surface area contributed by atoms with Gasteiger partial charge in [-0.3, -0.25) is 0 Å². The van der Waals surface area contributed by atoms with Gasteiger partial charge < -0.3 is 14.6 Å². The van der Waals surface area contributed by atoms with Gasteiger partial charge >= 0.3 is 0 Å². The van der Waals surface area contributed by atoms with Crippen molar-refractivity contribution in [3.05, 3.63) is 29.5 Å². The van der Waals surface area contributed by atoms with Crippen LogP contribution in [-0.4, -0.2) is 18.2 Å². The van der Waals surface area contributed by atoms with Gasteiger partial charge in [-0.2, -0.15) is 0 Å². The molecule has 2 aromatic rings. The first-order chi connectivity index (χ1) is 7.81. The molecule has 1 aromatic carbocycles. The Hall–Kier alpha value is -1.48. The van der Waals surface area contributed by atoms with Gasteiger partial charge in [0.2, 0.25) is 0 Å². The average Bonchev–Trinajstić information content (AvgIpc) is 2.64. The van der Waals surface area contributed by atoms with Gasteiger partial charge in [-0.05, 0) is 17.7 Å². The fourth-order valence-corrected chi connectivity index (χ4v) is 2.61. The number of methoxy groups -OCH3 is 1.